The number of amides is 1. The first-order valence-electron chi connectivity index (χ1n) is 8.31. The molecule has 0 atom stereocenters. The number of halogens is 2. The van der Waals surface area contributed by atoms with Crippen molar-refractivity contribution in [3.05, 3.63) is 52.0 Å². The molecule has 1 amide bonds. The van der Waals surface area contributed by atoms with Gasteiger partial charge in [-0.15, -0.1) is 0 Å². The fourth-order valence-electron chi connectivity index (χ4n) is 2.36. The first kappa shape index (κ1) is 21.0. The molecule has 0 aliphatic carbocycles. The van der Waals surface area contributed by atoms with E-state index in [0.717, 1.165) is 0 Å². The van der Waals surface area contributed by atoms with E-state index in [9.17, 15) is 13.2 Å². The van der Waals surface area contributed by atoms with E-state index < -0.39 is 15.9 Å². The Morgan fingerprint density at radius 3 is 2.54 bits per heavy atom. The summed E-state index contributed by atoms with van der Waals surface area (Å²) in [5, 5.41) is 3.65. The molecule has 0 fully saturated rings. The number of thioether (sulfide) groups is 1. The third-order valence-electron chi connectivity index (χ3n) is 3.70. The molecule has 6 nitrogen and oxygen atoms in total. The lowest BCUT2D eigenvalue weighted by Gasteiger charge is -2.20. The first-order valence-corrected chi connectivity index (χ1v) is 11.4. The molecule has 1 aliphatic heterocycles. The quantitative estimate of drug-likeness (QED) is 0.699. The number of aliphatic imine (C=N–C) groups is 1. The molecule has 10 heteroatoms. The Bertz CT molecular complexity index is 1050. The van der Waals surface area contributed by atoms with E-state index >= 15 is 0 Å². The summed E-state index contributed by atoms with van der Waals surface area (Å²) in [7, 11) is -3.85. The number of benzene rings is 2. The molecule has 0 unspecified atom stereocenters. The van der Waals surface area contributed by atoms with Crippen LogP contribution in [-0.4, -0.2) is 26.0 Å². The summed E-state index contributed by atoms with van der Waals surface area (Å²) in [6.07, 6.45) is 0. The monoisotopic (exact) mass is 457 g/mol. The van der Waals surface area contributed by atoms with Crippen LogP contribution >= 0.6 is 35.0 Å². The summed E-state index contributed by atoms with van der Waals surface area (Å²) < 4.78 is 27.7. The minimum atomic E-state index is -3.85. The van der Waals surface area contributed by atoms with Gasteiger partial charge in [0.25, 0.3) is 15.9 Å². The topological polar surface area (TPSA) is 87.6 Å². The maximum absolute atomic E-state index is 12.6. The van der Waals surface area contributed by atoms with Gasteiger partial charge in [0.15, 0.2) is 5.17 Å². The molecule has 0 radical (unpaired) electrons. The lowest BCUT2D eigenvalue weighted by atomic mass is 10.2. The maximum atomic E-state index is 12.6. The molecular formula is C18H17Cl2N3O3S2. The van der Waals surface area contributed by atoms with Crippen molar-refractivity contribution in [3.63, 3.8) is 0 Å². The molecule has 1 heterocycles. The zero-order chi connectivity index (χ0) is 20.5. The van der Waals surface area contributed by atoms with Crippen LogP contribution in [0.3, 0.4) is 0 Å². The highest BCUT2D eigenvalue weighted by Gasteiger charge is 2.30. The third-order valence-corrected chi connectivity index (χ3v) is 6.88. The second kappa shape index (κ2) is 8.32. The van der Waals surface area contributed by atoms with Gasteiger partial charge in [-0.25, -0.2) is 8.42 Å². The zero-order valence-corrected chi connectivity index (χ0v) is 18.1. The second-order valence-corrected chi connectivity index (χ2v) is 10.0. The lowest BCUT2D eigenvalue weighted by Crippen LogP contribution is -2.33. The van der Waals surface area contributed by atoms with Crippen LogP contribution in [0.5, 0.6) is 0 Å². The number of carbonyl (C=O) groups is 1. The average molecular weight is 458 g/mol. The van der Waals surface area contributed by atoms with E-state index in [2.05, 4.69) is 15.0 Å². The molecule has 3 rings (SSSR count). The van der Waals surface area contributed by atoms with Gasteiger partial charge in [0.1, 0.15) is 4.90 Å². The number of carbonyl (C=O) groups excluding carboxylic acids is 1. The number of nitrogens with one attached hydrogen (secondary N) is 2. The highest BCUT2D eigenvalue weighted by Crippen LogP contribution is 2.36. The van der Waals surface area contributed by atoms with Crippen molar-refractivity contribution in [1.82, 2.24) is 4.72 Å². The molecule has 2 aromatic carbocycles. The summed E-state index contributed by atoms with van der Waals surface area (Å²) in [5.41, 5.74) is 0.575. The van der Waals surface area contributed by atoms with Gasteiger partial charge in [-0.2, -0.15) is 0 Å². The molecule has 0 saturated carbocycles. The van der Waals surface area contributed by atoms with Crippen LogP contribution in [-0.2, 0) is 10.0 Å². The van der Waals surface area contributed by atoms with Crippen molar-refractivity contribution in [2.24, 2.45) is 10.9 Å². The molecule has 0 spiro atoms. The van der Waals surface area contributed by atoms with Gasteiger partial charge in [0.05, 0.1) is 10.6 Å². The predicted molar refractivity (Wildman–Crippen MR) is 114 cm³/mol. The molecule has 0 saturated heterocycles. The summed E-state index contributed by atoms with van der Waals surface area (Å²) in [6, 6.07) is 9.29. The smallest absolute Gasteiger partial charge is 0.264 e. The Kier molecular flexibility index (Phi) is 6.24. The van der Waals surface area contributed by atoms with E-state index in [1.54, 1.807) is 24.3 Å². The molecule has 148 valence electrons. The van der Waals surface area contributed by atoms with Crippen molar-refractivity contribution >= 4 is 61.7 Å². The highest BCUT2D eigenvalue weighted by molar-refractivity contribution is 8.16. The molecular weight excluding hydrogens is 441 g/mol. The van der Waals surface area contributed by atoms with E-state index in [-0.39, 0.29) is 20.6 Å². The number of amidine groups is 1. The standard InChI is InChI=1S/C18H17Cl2N3O3S2/c1-10(2)9-21-18-23-28(25,26)16-7-13(14(20)8-15(16)27-18)17(24)22-12-5-3-11(19)4-6-12/h3-8,10H,9H2,1-2H3,(H,21,23)(H,22,24). The minimum absolute atomic E-state index is 0.00773. The second-order valence-electron chi connectivity index (χ2n) is 6.49. The van der Waals surface area contributed by atoms with E-state index in [4.69, 9.17) is 23.2 Å². The van der Waals surface area contributed by atoms with Gasteiger partial charge >= 0.3 is 0 Å². The first-order chi connectivity index (χ1) is 13.2. The van der Waals surface area contributed by atoms with E-state index in [1.807, 2.05) is 13.8 Å². The van der Waals surface area contributed by atoms with E-state index in [1.165, 1.54) is 23.9 Å². The van der Waals surface area contributed by atoms with Crippen LogP contribution in [0.2, 0.25) is 10.0 Å². The Hall–Kier alpha value is -1.74. The maximum Gasteiger partial charge on any atom is 0.264 e. The third kappa shape index (κ3) is 4.81. The number of anilines is 1. The van der Waals surface area contributed by atoms with Gasteiger partial charge in [0.2, 0.25) is 0 Å². The molecule has 0 bridgehead atoms. The van der Waals surface area contributed by atoms with Crippen molar-refractivity contribution in [3.8, 4) is 0 Å². The number of hydrogen-bond acceptors (Lipinski definition) is 5. The van der Waals surface area contributed by atoms with Crippen molar-refractivity contribution in [2.45, 2.75) is 23.6 Å². The fourth-order valence-corrected chi connectivity index (χ4v) is 5.43. The number of nitrogens with zero attached hydrogens (tertiary/aromatic N) is 1. The number of hydrogen-bond donors (Lipinski definition) is 2. The van der Waals surface area contributed by atoms with Gasteiger partial charge in [-0.1, -0.05) is 48.8 Å². The molecule has 1 aliphatic rings. The van der Waals surface area contributed by atoms with Crippen molar-refractivity contribution < 1.29 is 13.2 Å². The van der Waals surface area contributed by atoms with Crippen LogP contribution in [0.4, 0.5) is 5.69 Å². The van der Waals surface area contributed by atoms with Crippen LogP contribution in [0.1, 0.15) is 24.2 Å². The summed E-state index contributed by atoms with van der Waals surface area (Å²) in [4.78, 5) is 17.3. The summed E-state index contributed by atoms with van der Waals surface area (Å²) in [5.74, 6) is -0.226. The Labute approximate surface area is 177 Å². The van der Waals surface area contributed by atoms with Crippen LogP contribution < -0.4 is 10.0 Å². The largest absolute Gasteiger partial charge is 0.322 e. The average Bonchev–Trinajstić information content (AvgIpc) is 2.60. The van der Waals surface area contributed by atoms with Gasteiger partial charge in [-0.3, -0.25) is 14.5 Å². The van der Waals surface area contributed by atoms with Gasteiger partial charge in [0, 0.05) is 22.2 Å². The Balaban J connectivity index is 1.92. The normalized spacial score (nSPS) is 16.5. The van der Waals surface area contributed by atoms with Crippen molar-refractivity contribution in [1.29, 1.82) is 0 Å². The predicted octanol–water partition coefficient (Wildman–Crippen LogP) is 4.64. The highest BCUT2D eigenvalue weighted by atomic mass is 35.5. The molecule has 0 aromatic heterocycles. The number of sulfonamides is 1. The zero-order valence-electron chi connectivity index (χ0n) is 15.0. The number of rotatable bonds is 4. The summed E-state index contributed by atoms with van der Waals surface area (Å²) in [6.45, 7) is 4.47. The van der Waals surface area contributed by atoms with Gasteiger partial charge < -0.3 is 5.32 Å². The van der Waals surface area contributed by atoms with Crippen LogP contribution in [0, 0.1) is 5.92 Å². The van der Waals surface area contributed by atoms with Crippen LogP contribution in [0.25, 0.3) is 0 Å². The molecule has 28 heavy (non-hydrogen) atoms. The Morgan fingerprint density at radius 2 is 1.89 bits per heavy atom. The molecule has 2 N–H and O–H groups in total. The number of fused-ring (bicyclic) bond motifs is 1. The van der Waals surface area contributed by atoms with Gasteiger partial charge in [-0.05, 0) is 42.3 Å². The van der Waals surface area contributed by atoms with E-state index in [0.29, 0.717) is 28.1 Å². The van der Waals surface area contributed by atoms with Crippen LogP contribution in [0.15, 0.2) is 51.2 Å². The summed E-state index contributed by atoms with van der Waals surface area (Å²) >= 11 is 13.3. The molecule has 2 aromatic rings. The Morgan fingerprint density at radius 1 is 1.21 bits per heavy atom. The lowest BCUT2D eigenvalue weighted by molar-refractivity contribution is 0.102. The van der Waals surface area contributed by atoms with Crippen molar-refractivity contribution in [2.75, 3.05) is 11.9 Å². The fraction of sp³-hybridized carbons (Fsp3) is 0.222. The SMILES string of the molecule is CC(C)CN=C1NS(=O)(=O)c2cc(C(=O)Nc3ccc(Cl)cc3)c(Cl)cc2S1. The minimum Gasteiger partial charge on any atom is -0.322 e.